The molecule has 0 aliphatic carbocycles. The average molecular weight is 319 g/mol. The number of aryl methyl sites for hydroxylation is 2. The lowest BCUT2D eigenvalue weighted by Crippen LogP contribution is -2.15. The Kier molecular flexibility index (Phi) is 5.35. The predicted octanol–water partition coefficient (Wildman–Crippen LogP) is 2.20. The molecule has 0 saturated carbocycles. The summed E-state index contributed by atoms with van der Waals surface area (Å²) in [5.74, 6) is -0.0592. The molecule has 122 valence electrons. The predicted molar refractivity (Wildman–Crippen MR) is 79.0 cm³/mol. The number of rotatable bonds is 6. The van der Waals surface area contributed by atoms with Crippen LogP contribution in [0.5, 0.6) is 5.75 Å². The van der Waals surface area contributed by atoms with E-state index >= 15 is 0 Å². The molecule has 0 spiro atoms. The number of ether oxygens (including phenoxy) is 3. The van der Waals surface area contributed by atoms with Crippen LogP contribution in [-0.4, -0.2) is 30.8 Å². The van der Waals surface area contributed by atoms with Crippen molar-refractivity contribution in [1.82, 2.24) is 5.16 Å². The topological polar surface area (TPSA) is 87.9 Å². The van der Waals surface area contributed by atoms with Crippen molar-refractivity contribution in [3.05, 3.63) is 46.8 Å². The molecule has 0 aliphatic rings. The molecule has 2 aromatic rings. The van der Waals surface area contributed by atoms with E-state index in [0.29, 0.717) is 11.5 Å². The van der Waals surface area contributed by atoms with Gasteiger partial charge < -0.3 is 18.7 Å². The zero-order chi connectivity index (χ0) is 16.8. The molecule has 1 heterocycles. The van der Waals surface area contributed by atoms with Crippen LogP contribution in [0.25, 0.3) is 0 Å². The number of methoxy groups -OCH3 is 1. The number of nitrogens with zero attached hydrogens (tertiary/aromatic N) is 1. The average Bonchev–Trinajstić information content (AvgIpc) is 2.89. The van der Waals surface area contributed by atoms with Gasteiger partial charge in [0.1, 0.15) is 18.1 Å². The zero-order valence-corrected chi connectivity index (χ0v) is 13.1. The summed E-state index contributed by atoms with van der Waals surface area (Å²) >= 11 is 0. The minimum atomic E-state index is -0.627. The molecule has 2 rings (SSSR count). The Bertz CT molecular complexity index is 687. The quantitative estimate of drug-likeness (QED) is 0.754. The van der Waals surface area contributed by atoms with Gasteiger partial charge in [-0.05, 0) is 32.0 Å². The lowest BCUT2D eigenvalue weighted by Gasteiger charge is -2.08. The van der Waals surface area contributed by atoms with Crippen molar-refractivity contribution in [2.45, 2.75) is 20.5 Å². The van der Waals surface area contributed by atoms with E-state index in [1.54, 1.807) is 25.1 Å². The molecule has 7 heteroatoms. The maximum atomic E-state index is 11.8. The summed E-state index contributed by atoms with van der Waals surface area (Å²) in [6, 6.07) is 6.49. The van der Waals surface area contributed by atoms with Gasteiger partial charge in [-0.15, -0.1) is 0 Å². The van der Waals surface area contributed by atoms with Crippen molar-refractivity contribution in [1.29, 1.82) is 0 Å². The van der Waals surface area contributed by atoms with Gasteiger partial charge >= 0.3 is 11.9 Å². The van der Waals surface area contributed by atoms with Crippen molar-refractivity contribution in [3.63, 3.8) is 0 Å². The highest BCUT2D eigenvalue weighted by Gasteiger charge is 2.13. The Hall–Kier alpha value is -2.83. The van der Waals surface area contributed by atoms with Gasteiger partial charge in [-0.3, -0.25) is 0 Å². The third kappa shape index (κ3) is 4.32. The SMILES string of the molecule is COC(=O)COC(=O)c1cccc(OCc2c(C)noc2C)c1. The second kappa shape index (κ2) is 7.44. The fourth-order valence-corrected chi connectivity index (χ4v) is 1.84. The number of esters is 2. The van der Waals surface area contributed by atoms with Crippen LogP contribution in [0.4, 0.5) is 0 Å². The summed E-state index contributed by atoms with van der Waals surface area (Å²) in [5, 5.41) is 3.85. The summed E-state index contributed by atoms with van der Waals surface area (Å²) < 4.78 is 20.0. The smallest absolute Gasteiger partial charge is 0.344 e. The lowest BCUT2D eigenvalue weighted by atomic mass is 10.2. The Morgan fingerprint density at radius 1 is 1.26 bits per heavy atom. The number of benzene rings is 1. The Labute approximate surface area is 133 Å². The number of hydrogen-bond acceptors (Lipinski definition) is 7. The monoisotopic (exact) mass is 319 g/mol. The summed E-state index contributed by atoms with van der Waals surface area (Å²) in [6.45, 7) is 3.48. The van der Waals surface area contributed by atoms with Gasteiger partial charge in [0.25, 0.3) is 0 Å². The van der Waals surface area contributed by atoms with E-state index in [-0.39, 0.29) is 12.2 Å². The highest BCUT2D eigenvalue weighted by molar-refractivity contribution is 5.91. The first-order chi connectivity index (χ1) is 11.0. The summed E-state index contributed by atoms with van der Waals surface area (Å²) in [4.78, 5) is 22.8. The van der Waals surface area contributed by atoms with Crippen LogP contribution in [0.3, 0.4) is 0 Å². The molecule has 0 bridgehead atoms. The molecule has 0 amide bonds. The van der Waals surface area contributed by atoms with Gasteiger partial charge in [0.2, 0.25) is 0 Å². The molecule has 1 aromatic carbocycles. The van der Waals surface area contributed by atoms with Crippen LogP contribution in [-0.2, 0) is 20.9 Å². The largest absolute Gasteiger partial charge is 0.489 e. The molecule has 0 radical (unpaired) electrons. The molecule has 7 nitrogen and oxygen atoms in total. The molecule has 0 fully saturated rings. The van der Waals surface area contributed by atoms with E-state index in [9.17, 15) is 9.59 Å². The molecule has 0 unspecified atom stereocenters. The highest BCUT2D eigenvalue weighted by Crippen LogP contribution is 2.19. The molecule has 0 saturated heterocycles. The highest BCUT2D eigenvalue weighted by atomic mass is 16.6. The Balaban J connectivity index is 1.99. The molecular weight excluding hydrogens is 302 g/mol. The van der Waals surface area contributed by atoms with Crippen molar-refractivity contribution in [3.8, 4) is 5.75 Å². The molecular formula is C16H17NO6. The first-order valence-corrected chi connectivity index (χ1v) is 6.89. The van der Waals surface area contributed by atoms with Crippen LogP contribution in [0.2, 0.25) is 0 Å². The van der Waals surface area contributed by atoms with Crippen molar-refractivity contribution in [2.75, 3.05) is 13.7 Å². The molecule has 0 aliphatic heterocycles. The third-order valence-electron chi connectivity index (χ3n) is 3.18. The zero-order valence-electron chi connectivity index (χ0n) is 13.1. The Morgan fingerprint density at radius 3 is 2.70 bits per heavy atom. The molecule has 23 heavy (non-hydrogen) atoms. The third-order valence-corrected chi connectivity index (χ3v) is 3.18. The maximum Gasteiger partial charge on any atom is 0.344 e. The molecule has 1 aromatic heterocycles. The fraction of sp³-hybridized carbons (Fsp3) is 0.312. The minimum Gasteiger partial charge on any atom is -0.489 e. The summed E-state index contributed by atoms with van der Waals surface area (Å²) in [6.07, 6.45) is 0. The van der Waals surface area contributed by atoms with E-state index in [1.165, 1.54) is 13.2 Å². The van der Waals surface area contributed by atoms with E-state index in [4.69, 9.17) is 14.0 Å². The van der Waals surface area contributed by atoms with Gasteiger partial charge in [0.05, 0.1) is 23.9 Å². The second-order valence-corrected chi connectivity index (χ2v) is 4.77. The van der Waals surface area contributed by atoms with E-state index < -0.39 is 18.5 Å². The van der Waals surface area contributed by atoms with Crippen LogP contribution < -0.4 is 4.74 Å². The van der Waals surface area contributed by atoms with Crippen LogP contribution in [0.15, 0.2) is 28.8 Å². The fourth-order valence-electron chi connectivity index (χ4n) is 1.84. The summed E-state index contributed by atoms with van der Waals surface area (Å²) in [5.41, 5.74) is 1.91. The van der Waals surface area contributed by atoms with Crippen LogP contribution in [0, 0.1) is 13.8 Å². The standard InChI is InChI=1S/C16H17NO6/c1-10-14(11(2)23-17-10)8-21-13-6-4-5-12(7-13)16(19)22-9-15(18)20-3/h4-7H,8-9H2,1-3H3. The van der Waals surface area contributed by atoms with Crippen molar-refractivity contribution < 1.29 is 28.3 Å². The van der Waals surface area contributed by atoms with E-state index in [0.717, 1.165) is 11.3 Å². The minimum absolute atomic E-state index is 0.280. The van der Waals surface area contributed by atoms with Crippen LogP contribution >= 0.6 is 0 Å². The van der Waals surface area contributed by atoms with E-state index in [1.807, 2.05) is 6.92 Å². The van der Waals surface area contributed by atoms with Gasteiger partial charge in [-0.25, -0.2) is 9.59 Å². The number of carbonyl (C=O) groups is 2. The summed E-state index contributed by atoms with van der Waals surface area (Å²) in [7, 11) is 1.22. The number of aromatic nitrogens is 1. The number of hydrogen-bond donors (Lipinski definition) is 0. The Morgan fingerprint density at radius 2 is 2.04 bits per heavy atom. The van der Waals surface area contributed by atoms with Crippen molar-refractivity contribution in [2.24, 2.45) is 0 Å². The lowest BCUT2D eigenvalue weighted by molar-refractivity contribution is -0.144. The molecule has 0 N–H and O–H groups in total. The first kappa shape index (κ1) is 16.5. The van der Waals surface area contributed by atoms with Gasteiger partial charge in [0, 0.05) is 0 Å². The van der Waals surface area contributed by atoms with Gasteiger partial charge in [0.15, 0.2) is 6.61 Å². The van der Waals surface area contributed by atoms with E-state index in [2.05, 4.69) is 9.89 Å². The van der Waals surface area contributed by atoms with Crippen molar-refractivity contribution >= 4 is 11.9 Å². The van der Waals surface area contributed by atoms with Gasteiger partial charge in [-0.2, -0.15) is 0 Å². The van der Waals surface area contributed by atoms with Gasteiger partial charge in [-0.1, -0.05) is 11.2 Å². The maximum absolute atomic E-state index is 11.8. The normalized spacial score (nSPS) is 10.2. The molecule has 0 atom stereocenters. The second-order valence-electron chi connectivity index (χ2n) is 4.77. The number of carbonyl (C=O) groups excluding carboxylic acids is 2. The van der Waals surface area contributed by atoms with Crippen LogP contribution in [0.1, 0.15) is 27.4 Å². The first-order valence-electron chi connectivity index (χ1n) is 6.89.